The van der Waals surface area contributed by atoms with Gasteiger partial charge < -0.3 is 15.6 Å². The third-order valence-electron chi connectivity index (χ3n) is 5.28. The first-order valence-electron chi connectivity index (χ1n) is 10.8. The molecule has 178 valence electrons. The van der Waals surface area contributed by atoms with Crippen LogP contribution in [0.3, 0.4) is 0 Å². The Hall–Kier alpha value is -3.70. The first-order chi connectivity index (χ1) is 16.2. The Labute approximate surface area is 198 Å². The van der Waals surface area contributed by atoms with Gasteiger partial charge in [-0.2, -0.15) is 5.10 Å². The summed E-state index contributed by atoms with van der Waals surface area (Å²) >= 11 is 0. The molecule has 0 saturated carbocycles. The quantitative estimate of drug-likeness (QED) is 0.276. The second-order valence-corrected chi connectivity index (χ2v) is 10.4. The summed E-state index contributed by atoms with van der Waals surface area (Å²) in [4.78, 5) is 14.2. The van der Waals surface area contributed by atoms with E-state index in [4.69, 9.17) is 5.73 Å². The van der Waals surface area contributed by atoms with Crippen molar-refractivity contribution in [2.75, 3.05) is 19.8 Å². The number of benzene rings is 1. The van der Waals surface area contributed by atoms with Crippen molar-refractivity contribution in [1.29, 1.82) is 0 Å². The Morgan fingerprint density at radius 2 is 2.03 bits per heavy atom. The minimum Gasteiger partial charge on any atom is -0.383 e. The number of aliphatic imine (C=N–C) groups is 2. The molecule has 0 radical (unpaired) electrons. The van der Waals surface area contributed by atoms with Gasteiger partial charge >= 0.3 is 0 Å². The van der Waals surface area contributed by atoms with E-state index < -0.39 is 10.0 Å². The normalized spacial score (nSPS) is 13.3. The minimum atomic E-state index is -3.50. The molecule has 0 aliphatic rings. The van der Waals surface area contributed by atoms with E-state index in [0.29, 0.717) is 35.0 Å². The lowest BCUT2D eigenvalue weighted by atomic mass is 10.1. The predicted octanol–water partition coefficient (Wildman–Crippen LogP) is 2.74. The molecular weight excluding hydrogens is 452 g/mol. The summed E-state index contributed by atoms with van der Waals surface area (Å²) in [6.07, 6.45) is 3.46. The number of nitrogens with one attached hydrogen (secondary N) is 2. The van der Waals surface area contributed by atoms with E-state index in [1.807, 2.05) is 50.2 Å². The molecule has 0 amide bonds. The number of amidine groups is 2. The number of hydrogen-bond donors (Lipinski definition) is 3. The van der Waals surface area contributed by atoms with Crippen molar-refractivity contribution in [2.45, 2.75) is 20.4 Å². The Bertz CT molecular complexity index is 1470. The van der Waals surface area contributed by atoms with Crippen LogP contribution in [0.25, 0.3) is 10.9 Å². The highest BCUT2D eigenvalue weighted by molar-refractivity contribution is 7.90. The van der Waals surface area contributed by atoms with Crippen LogP contribution in [-0.2, 0) is 16.6 Å². The number of nitrogens with two attached hydrogens (primary N) is 1. The first-order valence-corrected chi connectivity index (χ1v) is 12.4. The minimum absolute atomic E-state index is 0.0152. The van der Waals surface area contributed by atoms with Crippen LogP contribution in [0.15, 0.2) is 58.8 Å². The number of aryl methyl sites for hydroxylation is 1. The van der Waals surface area contributed by atoms with Crippen molar-refractivity contribution in [2.24, 2.45) is 15.7 Å². The molecule has 34 heavy (non-hydrogen) atoms. The van der Waals surface area contributed by atoms with Crippen LogP contribution in [0.4, 0.5) is 5.82 Å². The Morgan fingerprint density at radius 3 is 2.65 bits per heavy atom. The van der Waals surface area contributed by atoms with Crippen molar-refractivity contribution in [3.8, 4) is 0 Å². The zero-order valence-corrected chi connectivity index (χ0v) is 20.4. The molecule has 4 aromatic rings. The zero-order chi connectivity index (χ0) is 24.5. The fourth-order valence-corrected chi connectivity index (χ4v) is 4.64. The van der Waals surface area contributed by atoms with Gasteiger partial charge in [0.15, 0.2) is 11.7 Å². The highest BCUT2D eigenvalue weighted by atomic mass is 32.2. The van der Waals surface area contributed by atoms with Gasteiger partial charge in [-0.25, -0.2) is 22.4 Å². The molecule has 10 nitrogen and oxygen atoms in total. The topological polar surface area (TPSA) is 138 Å². The second-order valence-electron chi connectivity index (χ2n) is 8.25. The highest BCUT2D eigenvalue weighted by Gasteiger charge is 2.19. The van der Waals surface area contributed by atoms with E-state index in [1.54, 1.807) is 31.5 Å². The fourth-order valence-electron chi connectivity index (χ4n) is 3.62. The largest absolute Gasteiger partial charge is 0.383 e. The summed E-state index contributed by atoms with van der Waals surface area (Å²) in [5, 5.41) is 7.86. The third-order valence-corrected chi connectivity index (χ3v) is 6.91. The van der Waals surface area contributed by atoms with Crippen molar-refractivity contribution in [1.82, 2.24) is 24.1 Å². The molecule has 3 aromatic heterocycles. The first kappa shape index (κ1) is 23.5. The maximum absolute atomic E-state index is 12.8. The van der Waals surface area contributed by atoms with Crippen LogP contribution in [0.5, 0.6) is 0 Å². The van der Waals surface area contributed by atoms with Crippen LogP contribution >= 0.6 is 0 Å². The van der Waals surface area contributed by atoms with Gasteiger partial charge in [-0.05, 0) is 51.7 Å². The van der Waals surface area contributed by atoms with Gasteiger partial charge in [0.25, 0.3) is 0 Å². The molecule has 0 atom stereocenters. The average molecular weight is 481 g/mol. The monoisotopic (exact) mass is 480 g/mol. The van der Waals surface area contributed by atoms with Gasteiger partial charge in [0.05, 0.1) is 17.0 Å². The van der Waals surface area contributed by atoms with Crippen molar-refractivity contribution < 1.29 is 8.42 Å². The van der Waals surface area contributed by atoms with E-state index in [2.05, 4.69) is 25.2 Å². The molecule has 0 fully saturated rings. The zero-order valence-electron chi connectivity index (χ0n) is 19.6. The number of rotatable bonds is 7. The Balaban J connectivity index is 1.83. The smallest absolute Gasteiger partial charge is 0.238 e. The molecule has 0 saturated heterocycles. The van der Waals surface area contributed by atoms with Crippen LogP contribution in [0, 0.1) is 6.92 Å². The lowest BCUT2D eigenvalue weighted by molar-refractivity contribution is 0.404. The molecule has 0 aliphatic carbocycles. The third kappa shape index (κ3) is 4.80. The van der Waals surface area contributed by atoms with Gasteiger partial charge in [0.2, 0.25) is 10.0 Å². The molecule has 4 rings (SSSR count). The van der Waals surface area contributed by atoms with E-state index >= 15 is 0 Å². The van der Waals surface area contributed by atoms with E-state index in [-0.39, 0.29) is 11.6 Å². The number of aromatic amines is 2. The van der Waals surface area contributed by atoms with Crippen molar-refractivity contribution >= 4 is 38.4 Å². The molecule has 0 aliphatic heterocycles. The van der Waals surface area contributed by atoms with E-state index in [0.717, 1.165) is 16.6 Å². The molecular formula is C23H28N8O2S. The number of aromatic nitrogens is 4. The van der Waals surface area contributed by atoms with Crippen molar-refractivity contribution in [3.05, 3.63) is 71.3 Å². The summed E-state index contributed by atoms with van der Waals surface area (Å²) in [6, 6.07) is 11.0. The average Bonchev–Trinajstić information content (AvgIpc) is 3.53. The number of hydrogen-bond acceptors (Lipinski definition) is 5. The maximum Gasteiger partial charge on any atom is 0.238 e. The fraction of sp³-hybridized carbons (Fsp3) is 0.261. The van der Waals surface area contributed by atoms with E-state index in [9.17, 15) is 8.42 Å². The molecule has 0 bridgehead atoms. The molecule has 4 N–H and O–H groups in total. The van der Waals surface area contributed by atoms with Gasteiger partial charge in [0, 0.05) is 41.6 Å². The summed E-state index contributed by atoms with van der Waals surface area (Å²) < 4.78 is 26.9. The van der Waals surface area contributed by atoms with Crippen molar-refractivity contribution in [3.63, 3.8) is 0 Å². The standard InChI is InChI=1S/C23H28N8O2S/c1-5-34(32,33)31-14-17(13-30(3)4)18-9-8-16(12-20(18)31)22(24)27-23(19-7-6-10-25-19)26-21-11-15(2)28-29-21/h6-12,14,25H,5,13H2,1-4H3,(H3,24,26,27,28,29). The van der Waals surface area contributed by atoms with Crippen LogP contribution in [0.1, 0.15) is 29.4 Å². The number of fused-ring (bicyclic) bond motifs is 1. The maximum atomic E-state index is 12.8. The van der Waals surface area contributed by atoms with E-state index in [1.165, 1.54) is 3.97 Å². The molecule has 3 heterocycles. The number of H-pyrrole nitrogens is 2. The summed E-state index contributed by atoms with van der Waals surface area (Å²) in [5.74, 6) is 1.03. The summed E-state index contributed by atoms with van der Waals surface area (Å²) in [7, 11) is 0.384. The molecule has 0 unspecified atom stereocenters. The second kappa shape index (κ2) is 9.27. The highest BCUT2D eigenvalue weighted by Crippen LogP contribution is 2.26. The molecule has 11 heteroatoms. The molecule has 1 aromatic carbocycles. The Kier molecular flexibility index (Phi) is 6.40. The van der Waals surface area contributed by atoms with Crippen LogP contribution in [-0.4, -0.2) is 64.0 Å². The van der Waals surface area contributed by atoms with Gasteiger partial charge in [-0.3, -0.25) is 5.10 Å². The summed E-state index contributed by atoms with van der Waals surface area (Å²) in [5.41, 5.74) is 10.0. The summed E-state index contributed by atoms with van der Waals surface area (Å²) in [6.45, 7) is 4.12. The lowest BCUT2D eigenvalue weighted by Crippen LogP contribution is -2.17. The lowest BCUT2D eigenvalue weighted by Gasteiger charge is -2.08. The van der Waals surface area contributed by atoms with Crippen LogP contribution in [0.2, 0.25) is 0 Å². The number of nitrogens with zero attached hydrogens (tertiary/aromatic N) is 5. The van der Waals surface area contributed by atoms with Gasteiger partial charge in [-0.1, -0.05) is 12.1 Å². The van der Waals surface area contributed by atoms with Gasteiger partial charge in [-0.15, -0.1) is 0 Å². The van der Waals surface area contributed by atoms with Gasteiger partial charge in [0.1, 0.15) is 5.84 Å². The SMILES string of the molecule is CCS(=O)(=O)n1cc(CN(C)C)c2ccc(C(N)=NC(=Nc3cc(C)[nH]n3)c3ccc[nH]3)cc21. The predicted molar refractivity (Wildman–Crippen MR) is 135 cm³/mol. The molecule has 0 spiro atoms. The Morgan fingerprint density at radius 1 is 1.24 bits per heavy atom. The van der Waals surface area contributed by atoms with Crippen LogP contribution < -0.4 is 5.73 Å².